The molecule has 0 aromatic carbocycles. The quantitative estimate of drug-likeness (QED) is 0.588. The summed E-state index contributed by atoms with van der Waals surface area (Å²) in [6.45, 7) is 11.6. The molecule has 0 amide bonds. The number of rotatable bonds is 2. The first-order chi connectivity index (χ1) is 4.68. The molecule has 0 aliphatic rings. The summed E-state index contributed by atoms with van der Waals surface area (Å²) in [6, 6.07) is 0. The summed E-state index contributed by atoms with van der Waals surface area (Å²) >= 11 is 0. The van der Waals surface area contributed by atoms with Crippen LogP contribution < -0.4 is 5.73 Å². The molecule has 1 heteroatoms. The van der Waals surface area contributed by atoms with Gasteiger partial charge in [-0.25, -0.2) is 0 Å². The van der Waals surface area contributed by atoms with Gasteiger partial charge in [-0.15, -0.1) is 0 Å². The molecule has 0 aromatic rings. The van der Waals surface area contributed by atoms with E-state index in [4.69, 9.17) is 5.73 Å². The van der Waals surface area contributed by atoms with Crippen LogP contribution in [0.25, 0.3) is 0 Å². The Labute approximate surface area is 64.6 Å². The van der Waals surface area contributed by atoms with Gasteiger partial charge >= 0.3 is 0 Å². The molecule has 10 heavy (non-hydrogen) atoms. The van der Waals surface area contributed by atoms with Crippen molar-refractivity contribution in [3.63, 3.8) is 0 Å². The third kappa shape index (κ3) is 7.28. The Morgan fingerprint density at radius 1 is 1.50 bits per heavy atom. The van der Waals surface area contributed by atoms with Gasteiger partial charge in [-0.1, -0.05) is 33.4 Å². The molecular formula is C9H19N. The predicted molar refractivity (Wildman–Crippen MR) is 48.7 cm³/mol. The van der Waals surface area contributed by atoms with Crippen molar-refractivity contribution in [2.24, 2.45) is 5.73 Å². The van der Waals surface area contributed by atoms with Crippen molar-refractivity contribution in [2.75, 3.05) is 0 Å². The van der Waals surface area contributed by atoms with Crippen molar-refractivity contribution in [1.29, 1.82) is 0 Å². The third-order valence-corrected chi connectivity index (χ3v) is 0.917. The normalized spacial score (nSPS) is 9.80. The van der Waals surface area contributed by atoms with Crippen LogP contribution in [0.2, 0.25) is 0 Å². The van der Waals surface area contributed by atoms with Crippen LogP contribution in [0.3, 0.4) is 0 Å². The maximum Gasteiger partial charge on any atom is 0.0297 e. The molecule has 0 radical (unpaired) electrons. The average molecular weight is 141 g/mol. The minimum atomic E-state index is 0.813. The highest BCUT2D eigenvalue weighted by Gasteiger charge is 1.84. The van der Waals surface area contributed by atoms with Crippen LogP contribution in [0.1, 0.15) is 34.1 Å². The highest BCUT2D eigenvalue weighted by atomic mass is 14.6. The summed E-state index contributed by atoms with van der Waals surface area (Å²) in [5.41, 5.74) is 7.25. The first-order valence-corrected chi connectivity index (χ1v) is 3.80. The van der Waals surface area contributed by atoms with E-state index in [2.05, 4.69) is 13.5 Å². The predicted octanol–water partition coefficient (Wildman–Crippen LogP) is 2.84. The third-order valence-electron chi connectivity index (χ3n) is 0.917. The van der Waals surface area contributed by atoms with Crippen molar-refractivity contribution in [3.8, 4) is 0 Å². The Morgan fingerprint density at radius 3 is 2.00 bits per heavy atom. The molecular weight excluding hydrogens is 122 g/mol. The van der Waals surface area contributed by atoms with Gasteiger partial charge in [-0.2, -0.15) is 0 Å². The van der Waals surface area contributed by atoms with Crippen LogP contribution in [0.4, 0.5) is 0 Å². The minimum absolute atomic E-state index is 0.813. The molecule has 0 aromatic heterocycles. The molecule has 0 fully saturated rings. The van der Waals surface area contributed by atoms with Gasteiger partial charge in [0.1, 0.15) is 0 Å². The smallest absolute Gasteiger partial charge is 0.0297 e. The summed E-state index contributed by atoms with van der Waals surface area (Å²) in [5.74, 6) is 0. The van der Waals surface area contributed by atoms with Gasteiger partial charge in [0.15, 0.2) is 0 Å². The van der Waals surface area contributed by atoms with E-state index in [9.17, 15) is 0 Å². The van der Waals surface area contributed by atoms with E-state index in [0.29, 0.717) is 0 Å². The lowest BCUT2D eigenvalue weighted by molar-refractivity contribution is 1.16. The van der Waals surface area contributed by atoms with Gasteiger partial charge in [-0.3, -0.25) is 0 Å². The summed E-state index contributed by atoms with van der Waals surface area (Å²) in [6.07, 6.45) is 2.95. The van der Waals surface area contributed by atoms with E-state index in [1.807, 2.05) is 26.8 Å². The van der Waals surface area contributed by atoms with E-state index >= 15 is 0 Å². The molecule has 1 nitrogen and oxygen atoms in total. The zero-order valence-electron chi connectivity index (χ0n) is 7.57. The average Bonchev–Trinajstić information content (AvgIpc) is 1.93. The Balaban J connectivity index is 0. The Kier molecular flexibility index (Phi) is 9.94. The van der Waals surface area contributed by atoms with Crippen LogP contribution in [0.5, 0.6) is 0 Å². The van der Waals surface area contributed by atoms with Crippen LogP contribution in [-0.2, 0) is 0 Å². The van der Waals surface area contributed by atoms with Crippen LogP contribution >= 0.6 is 0 Å². The number of allylic oxidation sites excluding steroid dienone is 2. The van der Waals surface area contributed by atoms with Crippen molar-refractivity contribution in [1.82, 2.24) is 0 Å². The molecule has 60 valence electrons. The second-order valence-corrected chi connectivity index (χ2v) is 1.85. The van der Waals surface area contributed by atoms with Gasteiger partial charge in [0.2, 0.25) is 0 Å². The second kappa shape index (κ2) is 8.28. The number of hydrogen-bond acceptors (Lipinski definition) is 1. The van der Waals surface area contributed by atoms with E-state index in [-0.39, 0.29) is 0 Å². The van der Waals surface area contributed by atoms with Crippen molar-refractivity contribution in [3.05, 3.63) is 23.9 Å². The lowest BCUT2D eigenvalue weighted by atomic mass is 10.2. The highest BCUT2D eigenvalue weighted by molar-refractivity contribution is 5.21. The maximum atomic E-state index is 5.49. The summed E-state index contributed by atoms with van der Waals surface area (Å²) in [4.78, 5) is 0. The summed E-state index contributed by atoms with van der Waals surface area (Å²) in [7, 11) is 0. The molecule has 0 unspecified atom stereocenters. The number of hydrogen-bond donors (Lipinski definition) is 1. The molecule has 0 aliphatic carbocycles. The molecule has 0 saturated heterocycles. The van der Waals surface area contributed by atoms with Crippen LogP contribution in [-0.4, -0.2) is 0 Å². The molecule has 0 aliphatic heterocycles. The molecule has 0 bridgehead atoms. The first kappa shape index (κ1) is 12.0. The second-order valence-electron chi connectivity index (χ2n) is 1.85. The molecule has 0 spiro atoms. The van der Waals surface area contributed by atoms with E-state index in [0.717, 1.165) is 17.7 Å². The summed E-state index contributed by atoms with van der Waals surface area (Å²) < 4.78 is 0. The largest absolute Gasteiger partial charge is 0.399 e. The molecule has 0 atom stereocenters. The molecule has 0 saturated carbocycles. The van der Waals surface area contributed by atoms with Gasteiger partial charge < -0.3 is 5.73 Å². The lowest BCUT2D eigenvalue weighted by Crippen LogP contribution is -1.96. The first-order valence-electron chi connectivity index (χ1n) is 3.80. The zero-order valence-corrected chi connectivity index (χ0v) is 7.57. The van der Waals surface area contributed by atoms with E-state index in [1.54, 1.807) is 0 Å². The minimum Gasteiger partial charge on any atom is -0.399 e. The Hall–Kier alpha value is -0.720. The van der Waals surface area contributed by atoms with Crippen LogP contribution in [0, 0.1) is 0 Å². The lowest BCUT2D eigenvalue weighted by Gasteiger charge is -1.94. The van der Waals surface area contributed by atoms with Crippen molar-refractivity contribution < 1.29 is 0 Å². The monoisotopic (exact) mass is 141 g/mol. The molecule has 2 N–H and O–H groups in total. The fourth-order valence-corrected chi connectivity index (χ4v) is 0.394. The van der Waals surface area contributed by atoms with Gasteiger partial charge in [-0.05, 0) is 18.9 Å². The molecule has 0 rings (SSSR count). The SMILES string of the molecule is C=C(C)/C(N)=C\CC.CC. The zero-order chi connectivity index (χ0) is 8.57. The van der Waals surface area contributed by atoms with Crippen molar-refractivity contribution >= 4 is 0 Å². The molecule has 0 heterocycles. The van der Waals surface area contributed by atoms with Gasteiger partial charge in [0, 0.05) is 5.70 Å². The van der Waals surface area contributed by atoms with Gasteiger partial charge in [0.05, 0.1) is 0 Å². The van der Waals surface area contributed by atoms with Gasteiger partial charge in [0.25, 0.3) is 0 Å². The van der Waals surface area contributed by atoms with E-state index in [1.165, 1.54) is 0 Å². The topological polar surface area (TPSA) is 26.0 Å². The highest BCUT2D eigenvalue weighted by Crippen LogP contribution is 1.98. The summed E-state index contributed by atoms with van der Waals surface area (Å²) in [5, 5.41) is 0. The Morgan fingerprint density at radius 2 is 1.90 bits per heavy atom. The fraction of sp³-hybridized carbons (Fsp3) is 0.556. The Bertz CT molecular complexity index is 112. The van der Waals surface area contributed by atoms with Crippen molar-refractivity contribution in [2.45, 2.75) is 34.1 Å². The van der Waals surface area contributed by atoms with Crippen LogP contribution in [0.15, 0.2) is 23.9 Å². The number of nitrogens with two attached hydrogens (primary N) is 1. The maximum absolute atomic E-state index is 5.49. The fourth-order valence-electron chi connectivity index (χ4n) is 0.394. The van der Waals surface area contributed by atoms with E-state index < -0.39 is 0 Å². The standard InChI is InChI=1S/C7H13N.C2H6/c1-4-5-7(8)6(2)3;1-2/h5H,2,4,8H2,1,3H3;1-2H3/b7-5+;.